The summed E-state index contributed by atoms with van der Waals surface area (Å²) in [7, 11) is 0. The van der Waals surface area contributed by atoms with Gasteiger partial charge in [0.05, 0.1) is 11.7 Å². The summed E-state index contributed by atoms with van der Waals surface area (Å²) >= 11 is 0. The van der Waals surface area contributed by atoms with Gasteiger partial charge < -0.3 is 10.0 Å². The second-order valence-corrected chi connectivity index (χ2v) is 9.94. The van der Waals surface area contributed by atoms with Crippen LogP contribution in [0.2, 0.25) is 0 Å². The summed E-state index contributed by atoms with van der Waals surface area (Å²) in [6, 6.07) is 12.8. The first kappa shape index (κ1) is 28.4. The number of carbonyl (C=O) groups excluding carboxylic acids is 1. The second-order valence-electron chi connectivity index (χ2n) is 9.94. The molecule has 0 unspecified atom stereocenters. The van der Waals surface area contributed by atoms with E-state index in [0.717, 1.165) is 92.5 Å². The van der Waals surface area contributed by atoms with Crippen molar-refractivity contribution in [3.63, 3.8) is 0 Å². The van der Waals surface area contributed by atoms with Crippen molar-refractivity contribution in [1.29, 1.82) is 0 Å². The molecule has 2 rings (SSSR count). The van der Waals surface area contributed by atoms with E-state index in [1.807, 2.05) is 18.2 Å². The fraction of sp³-hybridized carbons (Fsp3) is 0.645. The van der Waals surface area contributed by atoms with Crippen LogP contribution >= 0.6 is 0 Å². The number of rotatable bonds is 16. The van der Waals surface area contributed by atoms with Crippen LogP contribution in [0, 0.1) is 0 Å². The third-order valence-corrected chi connectivity index (χ3v) is 7.12. The molecule has 3 heteroatoms. The first-order valence-corrected chi connectivity index (χ1v) is 14.1. The normalized spacial score (nSPS) is 12.6. The van der Waals surface area contributed by atoms with Gasteiger partial charge in [0.25, 0.3) is 5.91 Å². The molecule has 0 fully saturated rings. The Morgan fingerprint density at radius 2 is 1.29 bits per heavy atom. The number of unbranched alkanes of at least 4 members (excludes halogenated alkanes) is 2. The molecule has 3 nitrogen and oxygen atoms in total. The van der Waals surface area contributed by atoms with Crippen LogP contribution in [-0.4, -0.2) is 28.0 Å². The summed E-state index contributed by atoms with van der Waals surface area (Å²) in [5, 5.41) is 13.3. The minimum Gasteiger partial charge on any atom is -0.388 e. The van der Waals surface area contributed by atoms with Gasteiger partial charge in [-0.1, -0.05) is 116 Å². The van der Waals surface area contributed by atoms with E-state index in [1.165, 1.54) is 0 Å². The fourth-order valence-corrected chi connectivity index (χ4v) is 5.48. The minimum absolute atomic E-state index is 0.125. The molecule has 1 N–H and O–H groups in total. The number of fused-ring (bicyclic) bond motifs is 1. The van der Waals surface area contributed by atoms with Crippen molar-refractivity contribution >= 4 is 16.7 Å². The highest BCUT2D eigenvalue weighted by Crippen LogP contribution is 2.33. The van der Waals surface area contributed by atoms with Crippen LogP contribution in [0.1, 0.15) is 134 Å². The maximum Gasteiger partial charge on any atom is 0.255 e. The predicted molar refractivity (Wildman–Crippen MR) is 146 cm³/mol. The summed E-state index contributed by atoms with van der Waals surface area (Å²) in [5.74, 6) is 0.125. The Labute approximate surface area is 208 Å². The van der Waals surface area contributed by atoms with Gasteiger partial charge in [0.1, 0.15) is 0 Å². The molecule has 0 saturated heterocycles. The molecule has 0 saturated carbocycles. The van der Waals surface area contributed by atoms with Crippen LogP contribution in [0.15, 0.2) is 36.4 Å². The molecule has 2 aromatic carbocycles. The quantitative estimate of drug-likeness (QED) is 0.250. The smallest absolute Gasteiger partial charge is 0.255 e. The van der Waals surface area contributed by atoms with E-state index in [-0.39, 0.29) is 18.0 Å². The number of nitrogens with zero attached hydrogens (tertiary/aromatic N) is 1. The van der Waals surface area contributed by atoms with Crippen molar-refractivity contribution in [2.45, 2.75) is 130 Å². The molecule has 0 aliphatic rings. The van der Waals surface area contributed by atoms with Gasteiger partial charge in [-0.25, -0.2) is 0 Å². The number of hydrogen-bond acceptors (Lipinski definition) is 2. The zero-order valence-corrected chi connectivity index (χ0v) is 22.5. The number of amides is 1. The number of carbonyl (C=O) groups is 1. The SMILES string of the molecule is CCCCC[C@@H](O)c1ccc2ccccc2c1C(=O)N(C(CCC)CCC)C(CCC)CCC. The molecule has 0 spiro atoms. The van der Waals surface area contributed by atoms with E-state index in [2.05, 4.69) is 57.7 Å². The molecule has 1 amide bonds. The number of hydrogen-bond donors (Lipinski definition) is 1. The molecular weight excluding hydrogens is 418 g/mol. The van der Waals surface area contributed by atoms with Crippen LogP contribution in [0.25, 0.3) is 10.8 Å². The predicted octanol–water partition coefficient (Wildman–Crippen LogP) is 8.83. The van der Waals surface area contributed by atoms with Gasteiger partial charge in [-0.3, -0.25) is 4.79 Å². The molecule has 0 aliphatic carbocycles. The van der Waals surface area contributed by atoms with E-state index >= 15 is 0 Å². The van der Waals surface area contributed by atoms with Gasteiger partial charge in [0, 0.05) is 12.1 Å². The van der Waals surface area contributed by atoms with Gasteiger partial charge in [-0.2, -0.15) is 0 Å². The van der Waals surface area contributed by atoms with Crippen molar-refractivity contribution < 1.29 is 9.90 Å². The average Bonchev–Trinajstić information content (AvgIpc) is 2.84. The van der Waals surface area contributed by atoms with E-state index in [9.17, 15) is 9.90 Å². The fourth-order valence-electron chi connectivity index (χ4n) is 5.48. The van der Waals surface area contributed by atoms with Crippen LogP contribution in [-0.2, 0) is 0 Å². The highest BCUT2D eigenvalue weighted by molar-refractivity contribution is 6.08. The molecule has 2 aromatic rings. The highest BCUT2D eigenvalue weighted by atomic mass is 16.3. The van der Waals surface area contributed by atoms with Crippen molar-refractivity contribution in [3.8, 4) is 0 Å². The molecule has 34 heavy (non-hydrogen) atoms. The van der Waals surface area contributed by atoms with Crippen LogP contribution in [0.5, 0.6) is 0 Å². The van der Waals surface area contributed by atoms with Crippen molar-refractivity contribution in [2.24, 2.45) is 0 Å². The van der Waals surface area contributed by atoms with Crippen molar-refractivity contribution in [3.05, 3.63) is 47.5 Å². The molecule has 190 valence electrons. The Morgan fingerprint density at radius 3 is 1.82 bits per heavy atom. The largest absolute Gasteiger partial charge is 0.388 e. The summed E-state index contributed by atoms with van der Waals surface area (Å²) in [6.07, 6.45) is 11.7. The average molecular weight is 468 g/mol. The Bertz CT molecular complexity index is 834. The third kappa shape index (κ3) is 7.31. The molecule has 0 bridgehead atoms. The Morgan fingerprint density at radius 1 is 0.735 bits per heavy atom. The van der Waals surface area contributed by atoms with Gasteiger partial charge in [-0.05, 0) is 48.4 Å². The zero-order chi connectivity index (χ0) is 24.9. The molecule has 0 aromatic heterocycles. The first-order chi connectivity index (χ1) is 16.5. The number of aliphatic hydroxyl groups is 1. The van der Waals surface area contributed by atoms with E-state index in [0.29, 0.717) is 6.42 Å². The maximum absolute atomic E-state index is 14.6. The Kier molecular flexibility index (Phi) is 12.7. The molecule has 0 radical (unpaired) electrons. The lowest BCUT2D eigenvalue weighted by Crippen LogP contribution is -2.47. The van der Waals surface area contributed by atoms with Crippen LogP contribution in [0.3, 0.4) is 0 Å². The van der Waals surface area contributed by atoms with Gasteiger partial charge in [-0.15, -0.1) is 0 Å². The molecule has 0 aliphatic heterocycles. The van der Waals surface area contributed by atoms with Crippen molar-refractivity contribution in [2.75, 3.05) is 0 Å². The summed E-state index contributed by atoms with van der Waals surface area (Å²) < 4.78 is 0. The van der Waals surface area contributed by atoms with E-state index in [4.69, 9.17) is 0 Å². The first-order valence-electron chi connectivity index (χ1n) is 14.1. The lowest BCUT2D eigenvalue weighted by atomic mass is 9.90. The zero-order valence-electron chi connectivity index (χ0n) is 22.5. The van der Waals surface area contributed by atoms with Crippen molar-refractivity contribution in [1.82, 2.24) is 4.90 Å². The monoisotopic (exact) mass is 467 g/mol. The molecular formula is C31H49NO2. The Balaban J connectivity index is 2.66. The minimum atomic E-state index is -0.608. The van der Waals surface area contributed by atoms with E-state index in [1.54, 1.807) is 0 Å². The third-order valence-electron chi connectivity index (χ3n) is 7.12. The molecule has 0 heterocycles. The summed E-state index contributed by atoms with van der Waals surface area (Å²) in [4.78, 5) is 16.9. The van der Waals surface area contributed by atoms with E-state index < -0.39 is 6.10 Å². The lowest BCUT2D eigenvalue weighted by Gasteiger charge is -2.39. The highest BCUT2D eigenvalue weighted by Gasteiger charge is 2.33. The summed E-state index contributed by atoms with van der Waals surface area (Å²) in [5.41, 5.74) is 1.54. The van der Waals surface area contributed by atoms with Gasteiger partial charge in [0.15, 0.2) is 0 Å². The number of aliphatic hydroxyl groups excluding tert-OH is 1. The Hall–Kier alpha value is -1.87. The van der Waals surface area contributed by atoms with Gasteiger partial charge >= 0.3 is 0 Å². The van der Waals surface area contributed by atoms with Crippen LogP contribution in [0.4, 0.5) is 0 Å². The van der Waals surface area contributed by atoms with Gasteiger partial charge in [0.2, 0.25) is 0 Å². The molecule has 1 atom stereocenters. The maximum atomic E-state index is 14.6. The number of benzene rings is 2. The van der Waals surface area contributed by atoms with Crippen LogP contribution < -0.4 is 0 Å². The summed E-state index contributed by atoms with van der Waals surface area (Å²) in [6.45, 7) is 11.1. The lowest BCUT2D eigenvalue weighted by molar-refractivity contribution is 0.0505. The second kappa shape index (κ2) is 15.2. The standard InChI is InChI=1S/C31H49NO2/c1-6-11-12-21-29(33)28-23-22-24-19-13-14-20-27(24)30(28)31(34)32(25(15-7-2)16-8-3)26(17-9-4)18-10-5/h13-14,19-20,22-23,25-26,29,33H,6-12,15-18,21H2,1-5H3/t29-/m1/s1. The topological polar surface area (TPSA) is 40.5 Å².